The number of carbonyl (C=O) groups excluding carboxylic acids is 3. The van der Waals surface area contributed by atoms with Gasteiger partial charge in [0.2, 0.25) is 5.12 Å². The fourth-order valence-corrected chi connectivity index (χ4v) is 5.72. The number of aliphatic hydroxyl groups excluding tert-OH is 1. The number of nitrogens with one attached hydrogen (secondary N) is 2. The molecule has 1 aliphatic heterocycles. The molecule has 10 heteroatoms. The van der Waals surface area contributed by atoms with Crippen LogP contribution in [0.1, 0.15) is 90.4 Å². The van der Waals surface area contributed by atoms with Crippen LogP contribution in [-0.2, 0) is 14.2 Å². The smallest absolute Gasteiger partial charge is 0.407 e. The SMILES string of the molecule is CC(C)(C)OC(=O)N[C@@H]1CC[C@@H](SC(=O)c2ccccc2)[C@H](O)C1.CC(C)(C)OC(=O)N[C@@H]1CC[C@@H]2O[C@@H]2C1. The van der Waals surface area contributed by atoms with Crippen molar-refractivity contribution in [3.05, 3.63) is 35.9 Å². The summed E-state index contributed by atoms with van der Waals surface area (Å²) < 4.78 is 15.8. The van der Waals surface area contributed by atoms with Gasteiger partial charge in [-0.15, -0.1) is 0 Å². The Hall–Kier alpha value is -2.30. The number of thioether (sulfide) groups is 1. The van der Waals surface area contributed by atoms with E-state index in [0.29, 0.717) is 30.6 Å². The molecule has 2 amide bonds. The minimum atomic E-state index is -0.628. The van der Waals surface area contributed by atoms with E-state index in [-0.39, 0.29) is 28.5 Å². The third kappa shape index (κ3) is 11.4. The molecule has 0 radical (unpaired) electrons. The highest BCUT2D eigenvalue weighted by molar-refractivity contribution is 8.14. The maximum Gasteiger partial charge on any atom is 0.407 e. The Bertz CT molecular complexity index is 976. The molecule has 1 saturated heterocycles. The van der Waals surface area contributed by atoms with Gasteiger partial charge in [0, 0.05) is 22.9 Å². The van der Waals surface area contributed by atoms with Crippen LogP contribution in [0.4, 0.5) is 9.59 Å². The third-order valence-corrected chi connectivity index (χ3v) is 7.77. The van der Waals surface area contributed by atoms with Gasteiger partial charge in [0.15, 0.2) is 0 Å². The number of hydrogen-bond donors (Lipinski definition) is 3. The summed E-state index contributed by atoms with van der Waals surface area (Å²) in [5, 5.41) is 15.8. The lowest BCUT2D eigenvalue weighted by Gasteiger charge is -2.33. The third-order valence-electron chi connectivity index (χ3n) is 6.47. The van der Waals surface area contributed by atoms with Crippen molar-refractivity contribution in [1.29, 1.82) is 0 Å². The Morgan fingerprint density at radius 1 is 0.821 bits per heavy atom. The molecule has 3 aliphatic rings. The average molecular weight is 565 g/mol. The fraction of sp³-hybridized carbons (Fsp3) is 0.690. The van der Waals surface area contributed by atoms with Crippen LogP contribution in [0.25, 0.3) is 0 Å². The standard InChI is InChI=1S/C18H25NO4S.C11H19NO3/c1-18(2,3)23-17(22)19-13-9-10-15(14(20)11-13)24-16(21)12-7-5-4-6-8-12;1-11(2,3)15-10(13)12-7-4-5-8-9(6-7)14-8/h4-8,13-15,20H,9-11H2,1-3H3,(H,19,22);7-9H,4-6H2,1-3H3,(H,12,13)/t13-,14-,15-;7-,8+,9-/m11/s1. The van der Waals surface area contributed by atoms with Gasteiger partial charge in [-0.05, 0) is 80.1 Å². The number of alkyl carbamates (subject to hydrolysis) is 2. The number of rotatable bonds is 4. The number of epoxide rings is 1. The summed E-state index contributed by atoms with van der Waals surface area (Å²) >= 11 is 1.18. The monoisotopic (exact) mass is 564 g/mol. The van der Waals surface area contributed by atoms with Crippen LogP contribution in [-0.4, -0.2) is 69.3 Å². The topological polar surface area (TPSA) is 126 Å². The van der Waals surface area contributed by atoms with Crippen molar-refractivity contribution in [2.24, 2.45) is 0 Å². The van der Waals surface area contributed by atoms with Crippen LogP contribution in [0, 0.1) is 0 Å². The molecule has 218 valence electrons. The summed E-state index contributed by atoms with van der Waals surface area (Å²) in [7, 11) is 0. The van der Waals surface area contributed by atoms with Crippen molar-refractivity contribution < 1.29 is 33.7 Å². The van der Waals surface area contributed by atoms with E-state index in [1.165, 1.54) is 11.8 Å². The molecular weight excluding hydrogens is 520 g/mol. The van der Waals surface area contributed by atoms with E-state index in [9.17, 15) is 19.5 Å². The molecule has 2 aliphatic carbocycles. The van der Waals surface area contributed by atoms with Crippen LogP contribution in [0.15, 0.2) is 30.3 Å². The summed E-state index contributed by atoms with van der Waals surface area (Å²) in [4.78, 5) is 35.5. The predicted octanol–water partition coefficient (Wildman–Crippen LogP) is 5.20. The maximum atomic E-state index is 12.2. The van der Waals surface area contributed by atoms with Gasteiger partial charge >= 0.3 is 12.2 Å². The first-order valence-corrected chi connectivity index (χ1v) is 14.6. The summed E-state index contributed by atoms with van der Waals surface area (Å²) in [5.41, 5.74) is -0.321. The first kappa shape index (κ1) is 31.2. The number of fused-ring (bicyclic) bond motifs is 1. The molecule has 2 saturated carbocycles. The van der Waals surface area contributed by atoms with E-state index in [0.717, 1.165) is 25.7 Å². The van der Waals surface area contributed by atoms with E-state index >= 15 is 0 Å². The highest BCUT2D eigenvalue weighted by Gasteiger charge is 2.44. The fourth-order valence-electron chi connectivity index (χ4n) is 4.65. The lowest BCUT2D eigenvalue weighted by atomic mass is 9.92. The Morgan fingerprint density at radius 3 is 1.87 bits per heavy atom. The molecule has 0 bridgehead atoms. The number of hydrogen-bond acceptors (Lipinski definition) is 8. The average Bonchev–Trinajstić information content (AvgIpc) is 3.58. The zero-order valence-electron chi connectivity index (χ0n) is 23.9. The number of carbonyl (C=O) groups is 3. The molecule has 39 heavy (non-hydrogen) atoms. The summed E-state index contributed by atoms with van der Waals surface area (Å²) in [6, 6.07) is 9.17. The maximum absolute atomic E-state index is 12.2. The Balaban J connectivity index is 0.000000239. The molecule has 1 aromatic carbocycles. The van der Waals surface area contributed by atoms with Crippen molar-refractivity contribution in [1.82, 2.24) is 10.6 Å². The molecule has 0 aromatic heterocycles. The molecular formula is C29H44N2O7S. The molecule has 1 heterocycles. The first-order valence-electron chi connectivity index (χ1n) is 13.8. The second-order valence-electron chi connectivity index (χ2n) is 12.4. The highest BCUT2D eigenvalue weighted by Crippen LogP contribution is 2.36. The normalized spacial score (nSPS) is 28.1. The van der Waals surface area contributed by atoms with Crippen LogP contribution in [0.3, 0.4) is 0 Å². The quantitative estimate of drug-likeness (QED) is 0.426. The van der Waals surface area contributed by atoms with Crippen molar-refractivity contribution in [3.63, 3.8) is 0 Å². The second kappa shape index (κ2) is 13.4. The van der Waals surface area contributed by atoms with Gasteiger partial charge in [0.25, 0.3) is 0 Å². The Labute approximate surface area is 236 Å². The van der Waals surface area contributed by atoms with Crippen molar-refractivity contribution in [2.75, 3.05) is 0 Å². The van der Waals surface area contributed by atoms with Gasteiger partial charge in [0.05, 0.1) is 18.3 Å². The Morgan fingerprint density at radius 2 is 1.36 bits per heavy atom. The van der Waals surface area contributed by atoms with Gasteiger partial charge in [-0.2, -0.15) is 0 Å². The number of benzene rings is 1. The molecule has 0 spiro atoms. The molecule has 3 N–H and O–H groups in total. The zero-order valence-corrected chi connectivity index (χ0v) is 24.7. The van der Waals surface area contributed by atoms with Crippen molar-refractivity contribution in [2.45, 2.75) is 127 Å². The van der Waals surface area contributed by atoms with Crippen molar-refractivity contribution in [3.8, 4) is 0 Å². The minimum absolute atomic E-state index is 0.0294. The highest BCUT2D eigenvalue weighted by atomic mass is 32.2. The Kier molecular flexibility index (Phi) is 10.7. The molecule has 0 unspecified atom stereocenters. The summed E-state index contributed by atoms with van der Waals surface area (Å²) in [6.45, 7) is 11.0. The molecule has 3 fully saturated rings. The van der Waals surface area contributed by atoms with Gasteiger partial charge in [-0.3, -0.25) is 4.79 Å². The van der Waals surface area contributed by atoms with E-state index in [4.69, 9.17) is 14.2 Å². The first-order chi connectivity index (χ1) is 18.2. The summed E-state index contributed by atoms with van der Waals surface area (Å²) in [6.07, 6.45) is 4.27. The van der Waals surface area contributed by atoms with Gasteiger partial charge in [-0.25, -0.2) is 9.59 Å². The number of amides is 2. The number of ether oxygens (including phenoxy) is 3. The van der Waals surface area contributed by atoms with Crippen molar-refractivity contribution >= 4 is 29.1 Å². The van der Waals surface area contributed by atoms with Gasteiger partial charge < -0.3 is 30.0 Å². The van der Waals surface area contributed by atoms with Crippen LogP contribution < -0.4 is 10.6 Å². The van der Waals surface area contributed by atoms with Crippen LogP contribution >= 0.6 is 11.8 Å². The van der Waals surface area contributed by atoms with E-state index in [1.807, 2.05) is 59.7 Å². The number of aliphatic hydroxyl groups is 1. The van der Waals surface area contributed by atoms with E-state index in [2.05, 4.69) is 10.6 Å². The summed E-state index contributed by atoms with van der Waals surface area (Å²) in [5.74, 6) is 0. The van der Waals surface area contributed by atoms with E-state index in [1.54, 1.807) is 12.1 Å². The molecule has 4 rings (SSSR count). The molecule has 6 atom stereocenters. The minimum Gasteiger partial charge on any atom is -0.444 e. The second-order valence-corrected chi connectivity index (χ2v) is 13.6. The van der Waals surface area contributed by atoms with Crippen LogP contribution in [0.5, 0.6) is 0 Å². The molecule has 1 aromatic rings. The lowest BCUT2D eigenvalue weighted by Crippen LogP contribution is -2.45. The molecule has 9 nitrogen and oxygen atoms in total. The lowest BCUT2D eigenvalue weighted by molar-refractivity contribution is 0.0451. The zero-order chi connectivity index (χ0) is 28.8. The van der Waals surface area contributed by atoms with E-state index < -0.39 is 23.4 Å². The van der Waals surface area contributed by atoms with Gasteiger partial charge in [-0.1, -0.05) is 42.1 Å². The predicted molar refractivity (Wildman–Crippen MR) is 151 cm³/mol. The largest absolute Gasteiger partial charge is 0.444 e. The van der Waals surface area contributed by atoms with Gasteiger partial charge in [0.1, 0.15) is 11.2 Å². The van der Waals surface area contributed by atoms with Crippen LogP contribution in [0.2, 0.25) is 0 Å².